The van der Waals surface area contributed by atoms with E-state index < -0.39 is 15.3 Å². The Hall–Kier alpha value is -4.37. The highest BCUT2D eigenvalue weighted by Gasteiger charge is 2.26. The molecule has 9 heteroatoms. The van der Waals surface area contributed by atoms with Crippen LogP contribution in [0.2, 0.25) is 0 Å². The van der Waals surface area contributed by atoms with Gasteiger partial charge in [-0.15, -0.1) is 0 Å². The Morgan fingerprint density at radius 3 is 2.39 bits per heavy atom. The molecule has 0 spiro atoms. The summed E-state index contributed by atoms with van der Waals surface area (Å²) in [5.41, 5.74) is 10.9. The highest BCUT2D eigenvalue weighted by molar-refractivity contribution is 7.92. The first-order valence-corrected chi connectivity index (χ1v) is 12.9. The Balaban J connectivity index is 1.62. The molecule has 3 aromatic heterocycles. The van der Waals surface area contributed by atoms with E-state index in [0.717, 1.165) is 27.7 Å². The van der Waals surface area contributed by atoms with Crippen LogP contribution in [0.3, 0.4) is 0 Å². The van der Waals surface area contributed by atoms with Gasteiger partial charge in [-0.3, -0.25) is 14.7 Å². The van der Waals surface area contributed by atoms with Gasteiger partial charge in [0.25, 0.3) is 0 Å². The molecule has 0 aliphatic heterocycles. The number of nitrogen functional groups attached to an aromatic ring is 1. The molecule has 1 atom stereocenters. The number of nitrogens with zero attached hydrogens (tertiary/aromatic N) is 4. The van der Waals surface area contributed by atoms with Crippen LogP contribution >= 0.6 is 0 Å². The standard InChI is InChI=1S/C27H24N6O2S/c1-17-8-6-12-22(30-17)18(2)36(34,35)33-27-26(28)31-24(19-9-4-3-5-10-19)25(32-27)21-13-14-23-20(16-21)11-7-15-29-23/h3-16,18H,1-2H3,(H2,28,31)(H,32,33). The molecular formula is C27H24N6O2S. The maximum atomic E-state index is 13.3. The number of hydrogen-bond acceptors (Lipinski definition) is 7. The molecule has 3 N–H and O–H groups in total. The van der Waals surface area contributed by atoms with Gasteiger partial charge in [-0.05, 0) is 44.2 Å². The Labute approximate surface area is 209 Å². The van der Waals surface area contributed by atoms with E-state index in [9.17, 15) is 8.42 Å². The SMILES string of the molecule is Cc1cccc(C(C)S(=O)(=O)Nc2nc(-c3ccc4ncccc4c3)c(-c3ccccc3)nc2N)n1. The van der Waals surface area contributed by atoms with Crippen molar-refractivity contribution in [2.75, 3.05) is 10.5 Å². The Bertz CT molecular complexity index is 1670. The van der Waals surface area contributed by atoms with Gasteiger partial charge >= 0.3 is 0 Å². The largest absolute Gasteiger partial charge is 0.381 e. The van der Waals surface area contributed by atoms with Crippen molar-refractivity contribution in [2.24, 2.45) is 0 Å². The number of aryl methyl sites for hydroxylation is 1. The van der Waals surface area contributed by atoms with E-state index in [4.69, 9.17) is 5.73 Å². The van der Waals surface area contributed by atoms with Crippen molar-refractivity contribution < 1.29 is 8.42 Å². The van der Waals surface area contributed by atoms with Gasteiger partial charge in [0.1, 0.15) is 5.25 Å². The smallest absolute Gasteiger partial charge is 0.242 e. The summed E-state index contributed by atoms with van der Waals surface area (Å²) >= 11 is 0. The summed E-state index contributed by atoms with van der Waals surface area (Å²) in [4.78, 5) is 18.0. The summed E-state index contributed by atoms with van der Waals surface area (Å²) in [7, 11) is -3.92. The second-order valence-electron chi connectivity index (χ2n) is 8.42. The summed E-state index contributed by atoms with van der Waals surface area (Å²) in [5.74, 6) is -0.0523. The zero-order chi connectivity index (χ0) is 25.3. The summed E-state index contributed by atoms with van der Waals surface area (Å²) in [6.07, 6.45) is 1.73. The van der Waals surface area contributed by atoms with Gasteiger partial charge in [-0.2, -0.15) is 0 Å². The van der Waals surface area contributed by atoms with E-state index >= 15 is 0 Å². The van der Waals surface area contributed by atoms with Gasteiger partial charge in [-0.1, -0.05) is 48.5 Å². The summed E-state index contributed by atoms with van der Waals surface area (Å²) < 4.78 is 29.1. The Kier molecular flexibility index (Phi) is 6.07. The van der Waals surface area contributed by atoms with Gasteiger partial charge in [0.2, 0.25) is 10.0 Å². The molecule has 5 aromatic rings. The fourth-order valence-corrected chi connectivity index (χ4v) is 4.96. The zero-order valence-electron chi connectivity index (χ0n) is 19.8. The first-order chi connectivity index (χ1) is 17.3. The predicted molar refractivity (Wildman–Crippen MR) is 143 cm³/mol. The van der Waals surface area contributed by atoms with E-state index in [-0.39, 0.29) is 11.6 Å². The minimum absolute atomic E-state index is 0.0203. The Morgan fingerprint density at radius 2 is 1.61 bits per heavy atom. The van der Waals surface area contributed by atoms with Crippen molar-refractivity contribution >= 4 is 32.6 Å². The molecule has 8 nitrogen and oxygen atoms in total. The lowest BCUT2D eigenvalue weighted by Crippen LogP contribution is -2.22. The molecule has 3 heterocycles. The van der Waals surface area contributed by atoms with Crippen LogP contribution in [0, 0.1) is 6.92 Å². The lowest BCUT2D eigenvalue weighted by atomic mass is 10.0. The molecule has 0 amide bonds. The number of pyridine rings is 2. The molecule has 0 fully saturated rings. The minimum atomic E-state index is -3.92. The summed E-state index contributed by atoms with van der Waals surface area (Å²) in [6.45, 7) is 3.39. The van der Waals surface area contributed by atoms with Crippen molar-refractivity contribution in [1.82, 2.24) is 19.9 Å². The van der Waals surface area contributed by atoms with E-state index in [1.807, 2.05) is 73.7 Å². The second kappa shape index (κ2) is 9.35. The predicted octanol–water partition coefficient (Wildman–Crippen LogP) is 5.15. The average molecular weight is 497 g/mol. The van der Waals surface area contributed by atoms with Crippen molar-refractivity contribution in [1.29, 1.82) is 0 Å². The zero-order valence-corrected chi connectivity index (χ0v) is 20.6. The molecule has 0 saturated carbocycles. The first-order valence-electron chi connectivity index (χ1n) is 11.3. The number of nitrogens with two attached hydrogens (primary N) is 1. The summed E-state index contributed by atoms with van der Waals surface area (Å²) in [5, 5.41) is -0.00324. The molecule has 0 bridgehead atoms. The number of benzene rings is 2. The maximum Gasteiger partial charge on any atom is 0.242 e. The number of sulfonamides is 1. The fraction of sp³-hybridized carbons (Fsp3) is 0.111. The van der Waals surface area contributed by atoms with Crippen molar-refractivity contribution in [3.63, 3.8) is 0 Å². The van der Waals surface area contributed by atoms with Crippen molar-refractivity contribution in [2.45, 2.75) is 19.1 Å². The molecule has 5 rings (SSSR count). The van der Waals surface area contributed by atoms with Crippen LogP contribution in [0.4, 0.5) is 11.6 Å². The fourth-order valence-electron chi connectivity index (χ4n) is 3.92. The van der Waals surface area contributed by atoms with E-state index in [0.29, 0.717) is 17.1 Å². The van der Waals surface area contributed by atoms with Crippen LogP contribution in [0.25, 0.3) is 33.4 Å². The Morgan fingerprint density at radius 1 is 0.833 bits per heavy atom. The molecule has 0 aliphatic carbocycles. The summed E-state index contributed by atoms with van der Waals surface area (Å²) in [6, 6.07) is 24.3. The number of aromatic nitrogens is 4. The molecule has 0 saturated heterocycles. The quantitative estimate of drug-likeness (QED) is 0.333. The van der Waals surface area contributed by atoms with E-state index in [2.05, 4.69) is 24.7 Å². The van der Waals surface area contributed by atoms with Crippen LogP contribution in [-0.2, 0) is 10.0 Å². The average Bonchev–Trinajstić information content (AvgIpc) is 2.89. The molecule has 0 aliphatic rings. The number of nitrogens with one attached hydrogen (secondary N) is 1. The molecular weight excluding hydrogens is 472 g/mol. The number of anilines is 2. The highest BCUT2D eigenvalue weighted by Crippen LogP contribution is 2.34. The number of hydrogen-bond donors (Lipinski definition) is 2. The van der Waals surface area contributed by atoms with Crippen LogP contribution in [0.5, 0.6) is 0 Å². The molecule has 180 valence electrons. The first kappa shape index (κ1) is 23.4. The highest BCUT2D eigenvalue weighted by atomic mass is 32.2. The molecule has 36 heavy (non-hydrogen) atoms. The maximum absolute atomic E-state index is 13.3. The molecule has 2 aromatic carbocycles. The van der Waals surface area contributed by atoms with Gasteiger partial charge < -0.3 is 5.73 Å². The van der Waals surface area contributed by atoms with Crippen molar-refractivity contribution in [3.05, 3.63) is 96.4 Å². The van der Waals surface area contributed by atoms with Crippen molar-refractivity contribution in [3.8, 4) is 22.5 Å². The number of rotatable bonds is 6. The second-order valence-corrected chi connectivity index (χ2v) is 10.4. The molecule has 0 radical (unpaired) electrons. The third-order valence-electron chi connectivity index (χ3n) is 5.88. The van der Waals surface area contributed by atoms with Gasteiger partial charge in [0.05, 0.1) is 22.6 Å². The number of fused-ring (bicyclic) bond motifs is 1. The van der Waals surface area contributed by atoms with Gasteiger partial charge in [0, 0.05) is 28.4 Å². The monoisotopic (exact) mass is 496 g/mol. The third-order valence-corrected chi connectivity index (χ3v) is 7.53. The van der Waals surface area contributed by atoms with Crippen LogP contribution in [-0.4, -0.2) is 28.4 Å². The van der Waals surface area contributed by atoms with Gasteiger partial charge in [-0.25, -0.2) is 18.4 Å². The third kappa shape index (κ3) is 4.60. The normalized spacial score (nSPS) is 12.4. The van der Waals surface area contributed by atoms with E-state index in [1.54, 1.807) is 25.3 Å². The van der Waals surface area contributed by atoms with Crippen LogP contribution in [0.1, 0.15) is 23.6 Å². The molecule has 1 unspecified atom stereocenters. The van der Waals surface area contributed by atoms with Crippen LogP contribution < -0.4 is 10.5 Å². The minimum Gasteiger partial charge on any atom is -0.381 e. The van der Waals surface area contributed by atoms with E-state index in [1.165, 1.54) is 0 Å². The lowest BCUT2D eigenvalue weighted by Gasteiger charge is -2.17. The topological polar surface area (TPSA) is 124 Å². The lowest BCUT2D eigenvalue weighted by molar-refractivity contribution is 0.590. The van der Waals surface area contributed by atoms with Crippen LogP contribution in [0.15, 0.2) is 85.1 Å². The van der Waals surface area contributed by atoms with Gasteiger partial charge in [0.15, 0.2) is 11.6 Å².